The number of aromatic nitrogens is 4. The molecule has 0 bridgehead atoms. The average molecular weight is 474 g/mol. The Hall–Kier alpha value is -4.14. The summed E-state index contributed by atoms with van der Waals surface area (Å²) in [5.41, 5.74) is 4.74. The number of hydrogen-bond donors (Lipinski definition) is 1. The second kappa shape index (κ2) is 9.25. The maximum absolute atomic E-state index is 13.1. The topological polar surface area (TPSA) is 100 Å². The van der Waals surface area contributed by atoms with Gasteiger partial charge in [0.15, 0.2) is 17.0 Å². The quantitative estimate of drug-likeness (QED) is 0.442. The molecule has 9 heteroatoms. The fourth-order valence-corrected chi connectivity index (χ4v) is 4.30. The maximum atomic E-state index is 13.1. The van der Waals surface area contributed by atoms with Crippen molar-refractivity contribution in [3.63, 3.8) is 0 Å². The van der Waals surface area contributed by atoms with Crippen LogP contribution in [0.3, 0.4) is 0 Å². The van der Waals surface area contributed by atoms with Crippen LogP contribution < -0.4 is 20.3 Å². The molecular weight excluding hydrogens is 446 g/mol. The number of ether oxygens (including phenoxy) is 2. The van der Waals surface area contributed by atoms with Gasteiger partial charge >= 0.3 is 0 Å². The highest BCUT2D eigenvalue weighted by molar-refractivity contribution is 5.83. The maximum Gasteiger partial charge on any atom is 0.295 e. The van der Waals surface area contributed by atoms with Gasteiger partial charge in [-0.25, -0.2) is 9.36 Å². The van der Waals surface area contributed by atoms with Gasteiger partial charge < -0.3 is 14.8 Å². The second-order valence-electron chi connectivity index (χ2n) is 8.74. The van der Waals surface area contributed by atoms with E-state index in [9.17, 15) is 9.59 Å². The molecule has 9 nitrogen and oxygen atoms in total. The molecule has 1 N–H and O–H groups in total. The zero-order chi connectivity index (χ0) is 24.5. The minimum Gasteiger partial charge on any atom is -0.454 e. The largest absolute Gasteiger partial charge is 0.454 e. The summed E-state index contributed by atoms with van der Waals surface area (Å²) in [6.45, 7) is 6.80. The molecule has 1 aliphatic heterocycles. The molecule has 0 fully saturated rings. The van der Waals surface area contributed by atoms with Crippen LogP contribution >= 0.6 is 0 Å². The molecule has 1 amide bonds. The highest BCUT2D eigenvalue weighted by Crippen LogP contribution is 2.32. The Balaban J connectivity index is 1.24. The van der Waals surface area contributed by atoms with Gasteiger partial charge in [-0.3, -0.25) is 9.59 Å². The van der Waals surface area contributed by atoms with E-state index >= 15 is 0 Å². The summed E-state index contributed by atoms with van der Waals surface area (Å²) in [6, 6.07) is 13.6. The number of nitrogens with one attached hydrogen (secondary N) is 1. The van der Waals surface area contributed by atoms with Gasteiger partial charge in [0.2, 0.25) is 12.7 Å². The molecule has 0 spiro atoms. The number of carbonyl (C=O) groups is 1. The molecule has 3 heterocycles. The van der Waals surface area contributed by atoms with Crippen molar-refractivity contribution >= 4 is 16.8 Å². The summed E-state index contributed by atoms with van der Waals surface area (Å²) in [4.78, 5) is 25.5. The third-order valence-corrected chi connectivity index (χ3v) is 6.16. The van der Waals surface area contributed by atoms with Crippen LogP contribution in [-0.2, 0) is 17.9 Å². The molecule has 0 saturated carbocycles. The van der Waals surface area contributed by atoms with Crippen LogP contribution in [0.4, 0.5) is 0 Å². The van der Waals surface area contributed by atoms with Gasteiger partial charge in [-0.2, -0.15) is 10.2 Å². The Kier molecular flexibility index (Phi) is 5.98. The number of fused-ring (bicyclic) bond motifs is 2. The fourth-order valence-electron chi connectivity index (χ4n) is 4.30. The van der Waals surface area contributed by atoms with Crippen LogP contribution in [0.15, 0.2) is 47.3 Å². The molecule has 1 aliphatic rings. The smallest absolute Gasteiger partial charge is 0.295 e. The zero-order valence-electron chi connectivity index (χ0n) is 20.0. The Bertz CT molecular complexity index is 1470. The van der Waals surface area contributed by atoms with Gasteiger partial charge in [-0.05, 0) is 57.0 Å². The molecule has 180 valence electrons. The zero-order valence-corrected chi connectivity index (χ0v) is 20.0. The van der Waals surface area contributed by atoms with Gasteiger partial charge in [0, 0.05) is 19.5 Å². The average Bonchev–Trinajstić information content (AvgIpc) is 3.46. The minimum absolute atomic E-state index is 0.0898. The van der Waals surface area contributed by atoms with E-state index in [1.54, 1.807) is 4.68 Å². The van der Waals surface area contributed by atoms with Gasteiger partial charge in [0.05, 0.1) is 22.5 Å². The van der Waals surface area contributed by atoms with Crippen LogP contribution in [-0.4, -0.2) is 32.3 Å². The van der Waals surface area contributed by atoms with Crippen LogP contribution in [0.5, 0.6) is 11.5 Å². The van der Waals surface area contributed by atoms with Gasteiger partial charge in [-0.1, -0.05) is 23.8 Å². The lowest BCUT2D eigenvalue weighted by Crippen LogP contribution is -2.26. The summed E-state index contributed by atoms with van der Waals surface area (Å²) in [6.07, 6.45) is 0.773. The van der Waals surface area contributed by atoms with Crippen molar-refractivity contribution in [3.05, 3.63) is 75.3 Å². The molecule has 4 aromatic rings. The molecule has 35 heavy (non-hydrogen) atoms. The SMILES string of the molecule is Cc1ccc(-n2nc3c(=O)n(CCCC(=O)NCc4ccc5c(c4)OCO5)nc(C)c3c2C)cc1. The summed E-state index contributed by atoms with van der Waals surface area (Å²) in [5, 5.41) is 12.8. The first-order chi connectivity index (χ1) is 16.9. The van der Waals surface area contributed by atoms with E-state index in [1.165, 1.54) is 4.68 Å². The van der Waals surface area contributed by atoms with E-state index in [2.05, 4.69) is 15.5 Å². The number of aryl methyl sites for hydroxylation is 4. The predicted molar refractivity (Wildman–Crippen MR) is 131 cm³/mol. The van der Waals surface area contributed by atoms with Crippen molar-refractivity contribution in [1.29, 1.82) is 0 Å². The third-order valence-electron chi connectivity index (χ3n) is 6.16. The molecule has 2 aromatic heterocycles. The molecule has 0 saturated heterocycles. The van der Waals surface area contributed by atoms with Crippen LogP contribution in [0.1, 0.15) is 35.4 Å². The van der Waals surface area contributed by atoms with Crippen molar-refractivity contribution in [2.75, 3.05) is 6.79 Å². The van der Waals surface area contributed by atoms with Crippen molar-refractivity contribution in [3.8, 4) is 17.2 Å². The monoisotopic (exact) mass is 473 g/mol. The fraction of sp³-hybridized carbons (Fsp3) is 0.308. The molecule has 0 aliphatic carbocycles. The summed E-state index contributed by atoms with van der Waals surface area (Å²) in [5.74, 6) is 1.31. The molecule has 2 aromatic carbocycles. The summed E-state index contributed by atoms with van der Waals surface area (Å²) >= 11 is 0. The Labute approximate surface area is 202 Å². The Morgan fingerprint density at radius 1 is 1.03 bits per heavy atom. The molecule has 0 atom stereocenters. The number of rotatable bonds is 7. The van der Waals surface area contributed by atoms with E-state index < -0.39 is 0 Å². The van der Waals surface area contributed by atoms with Crippen molar-refractivity contribution < 1.29 is 14.3 Å². The summed E-state index contributed by atoms with van der Waals surface area (Å²) in [7, 11) is 0. The molecule has 0 radical (unpaired) electrons. The standard InChI is InChI=1S/C26H27N5O4/c1-16-6-9-20(10-7-16)31-18(3)24-17(2)28-30(26(33)25(24)29-31)12-4-5-23(32)27-14-19-8-11-21-22(13-19)35-15-34-21/h6-11,13H,4-5,12,14-15H2,1-3H3,(H,27,32). The number of carbonyl (C=O) groups excluding carboxylic acids is 1. The molecule has 5 rings (SSSR count). The van der Waals surface area contributed by atoms with E-state index in [-0.39, 0.29) is 24.7 Å². The molecular formula is C26H27N5O4. The van der Waals surface area contributed by atoms with E-state index in [0.29, 0.717) is 36.5 Å². The first kappa shape index (κ1) is 22.6. The minimum atomic E-state index is -0.250. The highest BCUT2D eigenvalue weighted by Gasteiger charge is 2.18. The van der Waals surface area contributed by atoms with Crippen molar-refractivity contribution in [2.24, 2.45) is 0 Å². The number of amides is 1. The first-order valence-corrected chi connectivity index (χ1v) is 11.6. The number of benzene rings is 2. The normalized spacial score (nSPS) is 12.3. The van der Waals surface area contributed by atoms with Crippen LogP contribution in [0.2, 0.25) is 0 Å². The highest BCUT2D eigenvalue weighted by atomic mass is 16.7. The molecule has 0 unspecified atom stereocenters. The van der Waals surface area contributed by atoms with Gasteiger partial charge in [0.25, 0.3) is 5.56 Å². The first-order valence-electron chi connectivity index (χ1n) is 11.6. The van der Waals surface area contributed by atoms with E-state index in [0.717, 1.165) is 33.6 Å². The Morgan fingerprint density at radius 2 is 1.80 bits per heavy atom. The Morgan fingerprint density at radius 3 is 2.60 bits per heavy atom. The lowest BCUT2D eigenvalue weighted by Gasteiger charge is -2.08. The lowest BCUT2D eigenvalue weighted by atomic mass is 10.2. The van der Waals surface area contributed by atoms with Gasteiger partial charge in [0.1, 0.15) is 0 Å². The van der Waals surface area contributed by atoms with Gasteiger partial charge in [-0.15, -0.1) is 0 Å². The summed E-state index contributed by atoms with van der Waals surface area (Å²) < 4.78 is 13.9. The van der Waals surface area contributed by atoms with Crippen LogP contribution in [0.25, 0.3) is 16.6 Å². The second-order valence-corrected chi connectivity index (χ2v) is 8.74. The number of nitrogens with zero attached hydrogens (tertiary/aromatic N) is 4. The van der Waals surface area contributed by atoms with Crippen LogP contribution in [0, 0.1) is 20.8 Å². The van der Waals surface area contributed by atoms with Crippen molar-refractivity contribution in [1.82, 2.24) is 24.9 Å². The lowest BCUT2D eigenvalue weighted by molar-refractivity contribution is -0.121. The van der Waals surface area contributed by atoms with E-state index in [1.807, 2.05) is 63.2 Å². The predicted octanol–water partition coefficient (Wildman–Crippen LogP) is 3.33. The third kappa shape index (κ3) is 4.49. The van der Waals surface area contributed by atoms with Crippen molar-refractivity contribution in [2.45, 2.75) is 46.7 Å². The van der Waals surface area contributed by atoms with E-state index in [4.69, 9.17) is 9.47 Å². The number of hydrogen-bond acceptors (Lipinski definition) is 6.